The third-order valence-corrected chi connectivity index (χ3v) is 2.47. The average molecular weight is 241 g/mol. The Bertz CT molecular complexity index is 418. The Balaban J connectivity index is 2.71. The Labute approximate surface area is 99.4 Å². The van der Waals surface area contributed by atoms with Crippen LogP contribution in [0.2, 0.25) is 0 Å². The lowest BCUT2D eigenvalue weighted by Crippen LogP contribution is -2.31. The molecule has 0 bridgehead atoms. The Kier molecular flexibility index (Phi) is 3.93. The molecule has 0 aromatic heterocycles. The van der Waals surface area contributed by atoms with Gasteiger partial charge in [-0.05, 0) is 26.0 Å². The van der Waals surface area contributed by atoms with Gasteiger partial charge in [-0.2, -0.15) is 0 Å². The van der Waals surface area contributed by atoms with Gasteiger partial charge in [-0.1, -0.05) is 0 Å². The molecule has 1 aromatic carbocycles. The molecule has 0 radical (unpaired) electrons. The standard InChI is InChI=1S/C12H16FNO3/c1-12(2,11(15)16)7-14-8-4-5-10(17-3)9(13)6-8/h4-6,14H,7H2,1-3H3,(H,15,16). The molecule has 0 heterocycles. The lowest BCUT2D eigenvalue weighted by Gasteiger charge is -2.20. The Morgan fingerprint density at radius 3 is 2.65 bits per heavy atom. The van der Waals surface area contributed by atoms with Crippen molar-refractivity contribution >= 4 is 11.7 Å². The zero-order chi connectivity index (χ0) is 13.1. The molecule has 0 saturated carbocycles. The van der Waals surface area contributed by atoms with Crippen LogP contribution in [0.3, 0.4) is 0 Å². The summed E-state index contributed by atoms with van der Waals surface area (Å²) >= 11 is 0. The van der Waals surface area contributed by atoms with Crippen molar-refractivity contribution in [3.05, 3.63) is 24.0 Å². The molecular formula is C12H16FNO3. The first kappa shape index (κ1) is 13.3. The molecule has 0 saturated heterocycles. The first-order chi connectivity index (χ1) is 7.86. The molecule has 0 atom stereocenters. The quantitative estimate of drug-likeness (QED) is 0.830. The summed E-state index contributed by atoms with van der Waals surface area (Å²) in [6.45, 7) is 3.42. The number of benzene rings is 1. The summed E-state index contributed by atoms with van der Waals surface area (Å²) < 4.78 is 18.1. The van der Waals surface area contributed by atoms with E-state index in [2.05, 4.69) is 5.32 Å². The molecule has 4 nitrogen and oxygen atoms in total. The molecule has 5 heteroatoms. The van der Waals surface area contributed by atoms with E-state index in [1.54, 1.807) is 19.9 Å². The predicted octanol–water partition coefficient (Wildman–Crippen LogP) is 2.36. The van der Waals surface area contributed by atoms with Crippen molar-refractivity contribution in [1.29, 1.82) is 0 Å². The highest BCUT2D eigenvalue weighted by atomic mass is 19.1. The maximum atomic E-state index is 13.3. The van der Waals surface area contributed by atoms with Crippen LogP contribution < -0.4 is 10.1 Å². The van der Waals surface area contributed by atoms with E-state index in [-0.39, 0.29) is 12.3 Å². The van der Waals surface area contributed by atoms with Crippen LogP contribution in [-0.2, 0) is 4.79 Å². The third kappa shape index (κ3) is 3.34. The predicted molar refractivity (Wildman–Crippen MR) is 62.9 cm³/mol. The van der Waals surface area contributed by atoms with E-state index in [1.807, 2.05) is 0 Å². The van der Waals surface area contributed by atoms with E-state index in [1.165, 1.54) is 19.2 Å². The summed E-state index contributed by atoms with van der Waals surface area (Å²) in [4.78, 5) is 10.9. The number of anilines is 1. The second-order valence-corrected chi connectivity index (χ2v) is 4.39. The van der Waals surface area contributed by atoms with Gasteiger partial charge in [0.05, 0.1) is 12.5 Å². The number of hydrogen-bond donors (Lipinski definition) is 2. The number of methoxy groups -OCH3 is 1. The Morgan fingerprint density at radius 2 is 2.18 bits per heavy atom. The molecule has 94 valence electrons. The highest BCUT2D eigenvalue weighted by Crippen LogP contribution is 2.22. The van der Waals surface area contributed by atoms with Crippen LogP contribution in [0, 0.1) is 11.2 Å². The number of halogens is 1. The fraction of sp³-hybridized carbons (Fsp3) is 0.417. The maximum Gasteiger partial charge on any atom is 0.310 e. The topological polar surface area (TPSA) is 58.6 Å². The molecule has 1 aromatic rings. The zero-order valence-corrected chi connectivity index (χ0v) is 10.1. The first-order valence-electron chi connectivity index (χ1n) is 5.17. The number of hydrogen-bond acceptors (Lipinski definition) is 3. The lowest BCUT2D eigenvalue weighted by molar-refractivity contribution is -0.146. The van der Waals surface area contributed by atoms with Crippen molar-refractivity contribution in [3.8, 4) is 5.75 Å². The summed E-state index contributed by atoms with van der Waals surface area (Å²) in [6, 6.07) is 4.40. The van der Waals surface area contributed by atoms with Crippen molar-refractivity contribution in [2.45, 2.75) is 13.8 Å². The zero-order valence-electron chi connectivity index (χ0n) is 10.1. The van der Waals surface area contributed by atoms with E-state index in [0.717, 1.165) is 0 Å². The normalized spacial score (nSPS) is 11.1. The molecule has 0 amide bonds. The van der Waals surface area contributed by atoms with E-state index in [4.69, 9.17) is 9.84 Å². The van der Waals surface area contributed by atoms with Crippen molar-refractivity contribution in [1.82, 2.24) is 0 Å². The van der Waals surface area contributed by atoms with E-state index < -0.39 is 17.2 Å². The van der Waals surface area contributed by atoms with Crippen LogP contribution >= 0.6 is 0 Å². The fourth-order valence-corrected chi connectivity index (χ4v) is 1.17. The minimum absolute atomic E-state index is 0.160. The van der Waals surface area contributed by atoms with Crippen LogP contribution in [0.25, 0.3) is 0 Å². The van der Waals surface area contributed by atoms with Crippen molar-refractivity contribution in [2.75, 3.05) is 19.0 Å². The van der Waals surface area contributed by atoms with Gasteiger partial charge in [0.25, 0.3) is 0 Å². The second kappa shape index (κ2) is 5.03. The van der Waals surface area contributed by atoms with Gasteiger partial charge in [-0.25, -0.2) is 4.39 Å². The van der Waals surface area contributed by atoms with Gasteiger partial charge < -0.3 is 15.2 Å². The van der Waals surface area contributed by atoms with Crippen LogP contribution in [0.1, 0.15) is 13.8 Å². The minimum Gasteiger partial charge on any atom is -0.494 e. The smallest absolute Gasteiger partial charge is 0.310 e. The highest BCUT2D eigenvalue weighted by Gasteiger charge is 2.26. The van der Waals surface area contributed by atoms with Gasteiger partial charge in [0, 0.05) is 18.3 Å². The van der Waals surface area contributed by atoms with Gasteiger partial charge in [0.1, 0.15) is 0 Å². The van der Waals surface area contributed by atoms with Crippen LogP contribution in [0.4, 0.5) is 10.1 Å². The summed E-state index contributed by atoms with van der Waals surface area (Å²) in [5, 5.41) is 11.8. The monoisotopic (exact) mass is 241 g/mol. The van der Waals surface area contributed by atoms with E-state index in [9.17, 15) is 9.18 Å². The number of nitrogens with one attached hydrogen (secondary N) is 1. The number of ether oxygens (including phenoxy) is 1. The molecule has 0 aliphatic rings. The van der Waals surface area contributed by atoms with Crippen molar-refractivity contribution in [3.63, 3.8) is 0 Å². The molecule has 0 spiro atoms. The summed E-state index contributed by atoms with van der Waals surface area (Å²) in [7, 11) is 1.39. The molecule has 0 fully saturated rings. The average Bonchev–Trinajstić information content (AvgIpc) is 2.26. The van der Waals surface area contributed by atoms with E-state index >= 15 is 0 Å². The molecule has 17 heavy (non-hydrogen) atoms. The SMILES string of the molecule is COc1ccc(NCC(C)(C)C(=O)O)cc1F. The summed E-state index contributed by atoms with van der Waals surface area (Å²) in [5.41, 5.74) is -0.381. The third-order valence-electron chi connectivity index (χ3n) is 2.47. The number of carboxylic acid groups (broad SMARTS) is 1. The number of carbonyl (C=O) groups is 1. The van der Waals surface area contributed by atoms with Crippen LogP contribution in [0.15, 0.2) is 18.2 Å². The van der Waals surface area contributed by atoms with Gasteiger partial charge >= 0.3 is 5.97 Å². The molecule has 2 N–H and O–H groups in total. The first-order valence-corrected chi connectivity index (χ1v) is 5.17. The number of aliphatic carboxylic acids is 1. The van der Waals surface area contributed by atoms with Gasteiger partial charge in [0.15, 0.2) is 11.6 Å². The largest absolute Gasteiger partial charge is 0.494 e. The van der Waals surface area contributed by atoms with Gasteiger partial charge in [0.2, 0.25) is 0 Å². The van der Waals surface area contributed by atoms with Crippen molar-refractivity contribution in [2.24, 2.45) is 5.41 Å². The molecular weight excluding hydrogens is 225 g/mol. The van der Waals surface area contributed by atoms with Crippen molar-refractivity contribution < 1.29 is 19.0 Å². The minimum atomic E-state index is -0.906. The maximum absolute atomic E-state index is 13.3. The molecule has 0 aliphatic carbocycles. The lowest BCUT2D eigenvalue weighted by atomic mass is 9.94. The number of rotatable bonds is 5. The highest BCUT2D eigenvalue weighted by molar-refractivity contribution is 5.74. The van der Waals surface area contributed by atoms with Crippen LogP contribution in [-0.4, -0.2) is 24.7 Å². The van der Waals surface area contributed by atoms with E-state index in [0.29, 0.717) is 5.69 Å². The fourth-order valence-electron chi connectivity index (χ4n) is 1.17. The summed E-state index contributed by atoms with van der Waals surface area (Å²) in [6.07, 6.45) is 0. The van der Waals surface area contributed by atoms with Gasteiger partial charge in [-0.15, -0.1) is 0 Å². The van der Waals surface area contributed by atoms with Gasteiger partial charge in [-0.3, -0.25) is 4.79 Å². The molecule has 0 aliphatic heterocycles. The molecule has 0 unspecified atom stereocenters. The number of carboxylic acids is 1. The summed E-state index contributed by atoms with van der Waals surface area (Å²) in [5.74, 6) is -1.22. The van der Waals surface area contributed by atoms with Crippen LogP contribution in [0.5, 0.6) is 5.75 Å². The molecule has 1 rings (SSSR count). The Morgan fingerprint density at radius 1 is 1.53 bits per heavy atom. The second-order valence-electron chi connectivity index (χ2n) is 4.39. The Hall–Kier alpha value is -1.78.